The third-order valence-electron chi connectivity index (χ3n) is 5.21. The standard InChI is InChI=1S/C22H26Cl2N2O3S2/c23-20-7-6-18(14-21(20)24)16-31(28,29)26-11-8-19(9-12-26)22(27)25-10-13-30-15-17-4-2-1-3-5-17/h1-7,14,19H,8-13,15-16H2,(H,25,27). The van der Waals surface area contributed by atoms with E-state index in [9.17, 15) is 13.2 Å². The lowest BCUT2D eigenvalue weighted by Crippen LogP contribution is -2.43. The maximum absolute atomic E-state index is 12.7. The molecule has 1 fully saturated rings. The van der Waals surface area contributed by atoms with Crippen LogP contribution in [-0.2, 0) is 26.3 Å². The first-order valence-corrected chi connectivity index (χ1v) is 13.7. The van der Waals surface area contributed by atoms with Gasteiger partial charge in [0.25, 0.3) is 0 Å². The molecule has 31 heavy (non-hydrogen) atoms. The first-order chi connectivity index (χ1) is 14.8. The van der Waals surface area contributed by atoms with Gasteiger partial charge in [0.05, 0.1) is 15.8 Å². The van der Waals surface area contributed by atoms with E-state index in [1.807, 2.05) is 18.2 Å². The molecule has 0 radical (unpaired) electrons. The summed E-state index contributed by atoms with van der Waals surface area (Å²) >= 11 is 13.7. The summed E-state index contributed by atoms with van der Waals surface area (Å²) in [4.78, 5) is 12.4. The number of halogens is 2. The van der Waals surface area contributed by atoms with Crippen LogP contribution in [0.5, 0.6) is 0 Å². The highest BCUT2D eigenvalue weighted by Crippen LogP contribution is 2.26. The zero-order chi connectivity index (χ0) is 22.3. The molecule has 1 saturated heterocycles. The molecule has 0 spiro atoms. The molecule has 2 aromatic rings. The lowest BCUT2D eigenvalue weighted by Gasteiger charge is -2.30. The van der Waals surface area contributed by atoms with Crippen LogP contribution in [0.3, 0.4) is 0 Å². The number of hydrogen-bond donors (Lipinski definition) is 1. The zero-order valence-electron chi connectivity index (χ0n) is 17.1. The van der Waals surface area contributed by atoms with Crippen molar-refractivity contribution in [2.24, 2.45) is 5.92 Å². The molecule has 0 saturated carbocycles. The molecule has 0 aliphatic carbocycles. The number of thioether (sulfide) groups is 1. The summed E-state index contributed by atoms with van der Waals surface area (Å²) in [5, 5.41) is 3.72. The van der Waals surface area contributed by atoms with Gasteiger partial charge >= 0.3 is 0 Å². The summed E-state index contributed by atoms with van der Waals surface area (Å²) in [6.07, 6.45) is 1.06. The Morgan fingerprint density at radius 1 is 1.03 bits per heavy atom. The first-order valence-electron chi connectivity index (χ1n) is 10.2. The van der Waals surface area contributed by atoms with Crippen LogP contribution in [0.2, 0.25) is 10.0 Å². The monoisotopic (exact) mass is 500 g/mol. The van der Waals surface area contributed by atoms with E-state index in [4.69, 9.17) is 23.2 Å². The normalized spacial score (nSPS) is 15.7. The Balaban J connectivity index is 1.38. The summed E-state index contributed by atoms with van der Waals surface area (Å²) in [6.45, 7) is 1.32. The molecular weight excluding hydrogens is 475 g/mol. The number of carbonyl (C=O) groups excluding carboxylic acids is 1. The predicted octanol–water partition coefficient (Wildman–Crippen LogP) is 4.58. The number of rotatable bonds is 9. The number of nitrogens with zero attached hydrogens (tertiary/aromatic N) is 1. The van der Waals surface area contributed by atoms with Gasteiger partial charge in [0.15, 0.2) is 0 Å². The number of sulfonamides is 1. The molecule has 0 unspecified atom stereocenters. The number of hydrogen-bond acceptors (Lipinski definition) is 4. The van der Waals surface area contributed by atoms with E-state index in [0.29, 0.717) is 48.1 Å². The van der Waals surface area contributed by atoms with Gasteiger partial charge in [0, 0.05) is 37.1 Å². The van der Waals surface area contributed by atoms with Crippen molar-refractivity contribution in [3.63, 3.8) is 0 Å². The maximum atomic E-state index is 12.7. The second-order valence-electron chi connectivity index (χ2n) is 7.51. The fraction of sp³-hybridized carbons (Fsp3) is 0.409. The minimum absolute atomic E-state index is 0.0156. The van der Waals surface area contributed by atoms with Crippen molar-refractivity contribution in [3.05, 3.63) is 69.7 Å². The summed E-state index contributed by atoms with van der Waals surface area (Å²) in [5.41, 5.74) is 1.87. The molecule has 1 heterocycles. The van der Waals surface area contributed by atoms with E-state index in [2.05, 4.69) is 17.4 Å². The lowest BCUT2D eigenvalue weighted by molar-refractivity contribution is -0.125. The molecule has 0 atom stereocenters. The van der Waals surface area contributed by atoms with Crippen LogP contribution in [0.1, 0.15) is 24.0 Å². The lowest BCUT2D eigenvalue weighted by atomic mass is 9.97. The van der Waals surface area contributed by atoms with Crippen LogP contribution >= 0.6 is 35.0 Å². The fourth-order valence-corrected chi connectivity index (χ4v) is 6.17. The molecule has 3 rings (SSSR count). The number of piperidine rings is 1. The van der Waals surface area contributed by atoms with Gasteiger partial charge in [-0.1, -0.05) is 59.6 Å². The van der Waals surface area contributed by atoms with Crippen LogP contribution < -0.4 is 5.32 Å². The highest BCUT2D eigenvalue weighted by atomic mass is 35.5. The van der Waals surface area contributed by atoms with E-state index in [1.54, 1.807) is 30.0 Å². The van der Waals surface area contributed by atoms with E-state index < -0.39 is 10.0 Å². The SMILES string of the molecule is O=C(NCCSCc1ccccc1)C1CCN(S(=O)(=O)Cc2ccc(Cl)c(Cl)c2)CC1. The Labute approximate surface area is 198 Å². The first kappa shape index (κ1) is 24.4. The zero-order valence-corrected chi connectivity index (χ0v) is 20.2. The summed E-state index contributed by atoms with van der Waals surface area (Å²) in [6, 6.07) is 15.1. The van der Waals surface area contributed by atoms with Crippen molar-refractivity contribution in [1.29, 1.82) is 0 Å². The third-order valence-corrected chi connectivity index (χ3v) is 8.83. The van der Waals surface area contributed by atoms with Crippen LogP contribution in [0.25, 0.3) is 0 Å². The van der Waals surface area contributed by atoms with E-state index >= 15 is 0 Å². The highest BCUT2D eigenvalue weighted by Gasteiger charge is 2.31. The van der Waals surface area contributed by atoms with Crippen LogP contribution in [0, 0.1) is 5.92 Å². The molecule has 9 heteroatoms. The molecule has 1 aliphatic heterocycles. The molecule has 1 N–H and O–H groups in total. The Bertz CT molecular complexity index is 980. The topological polar surface area (TPSA) is 66.5 Å². The van der Waals surface area contributed by atoms with Gasteiger partial charge < -0.3 is 5.32 Å². The van der Waals surface area contributed by atoms with Gasteiger partial charge in [0.2, 0.25) is 15.9 Å². The van der Waals surface area contributed by atoms with Gasteiger partial charge in [0.1, 0.15) is 0 Å². The quantitative estimate of drug-likeness (QED) is 0.511. The molecule has 0 bridgehead atoms. The van der Waals surface area contributed by atoms with Crippen molar-refractivity contribution in [2.75, 3.05) is 25.4 Å². The molecular formula is C22H26Cl2N2O3S2. The van der Waals surface area contributed by atoms with Gasteiger partial charge in [-0.25, -0.2) is 12.7 Å². The van der Waals surface area contributed by atoms with E-state index in [1.165, 1.54) is 9.87 Å². The number of nitrogens with one attached hydrogen (secondary N) is 1. The summed E-state index contributed by atoms with van der Waals surface area (Å²) in [7, 11) is -3.47. The molecule has 1 aliphatic rings. The molecule has 168 valence electrons. The minimum Gasteiger partial charge on any atom is -0.355 e. The maximum Gasteiger partial charge on any atom is 0.223 e. The smallest absolute Gasteiger partial charge is 0.223 e. The fourth-order valence-electron chi connectivity index (χ4n) is 3.48. The van der Waals surface area contributed by atoms with Crippen molar-refractivity contribution < 1.29 is 13.2 Å². The Morgan fingerprint density at radius 2 is 1.74 bits per heavy atom. The Morgan fingerprint density at radius 3 is 2.42 bits per heavy atom. The van der Waals surface area contributed by atoms with Crippen molar-refractivity contribution in [2.45, 2.75) is 24.3 Å². The predicted molar refractivity (Wildman–Crippen MR) is 129 cm³/mol. The van der Waals surface area contributed by atoms with Crippen molar-refractivity contribution in [1.82, 2.24) is 9.62 Å². The summed E-state index contributed by atoms with van der Waals surface area (Å²) < 4.78 is 26.9. The molecule has 1 amide bonds. The van der Waals surface area contributed by atoms with Gasteiger partial charge in [-0.3, -0.25) is 4.79 Å². The van der Waals surface area contributed by atoms with Crippen molar-refractivity contribution in [3.8, 4) is 0 Å². The number of benzene rings is 2. The largest absolute Gasteiger partial charge is 0.355 e. The minimum atomic E-state index is -3.47. The Kier molecular flexibility index (Phi) is 9.10. The number of amides is 1. The second kappa shape index (κ2) is 11.6. The van der Waals surface area contributed by atoms with Crippen LogP contribution in [-0.4, -0.2) is 44.0 Å². The molecule has 5 nitrogen and oxygen atoms in total. The van der Waals surface area contributed by atoms with E-state index in [-0.39, 0.29) is 17.6 Å². The van der Waals surface area contributed by atoms with Gasteiger partial charge in [-0.15, -0.1) is 0 Å². The van der Waals surface area contributed by atoms with Gasteiger partial charge in [-0.2, -0.15) is 11.8 Å². The van der Waals surface area contributed by atoms with Crippen LogP contribution in [0.4, 0.5) is 0 Å². The number of carbonyl (C=O) groups is 1. The third kappa shape index (κ3) is 7.39. The summed E-state index contributed by atoms with van der Waals surface area (Å²) in [5.74, 6) is 1.51. The Hall–Kier alpha value is -1.25. The molecule has 2 aromatic carbocycles. The van der Waals surface area contributed by atoms with Crippen molar-refractivity contribution >= 4 is 50.9 Å². The second-order valence-corrected chi connectivity index (χ2v) is 11.4. The van der Waals surface area contributed by atoms with E-state index in [0.717, 1.165) is 11.5 Å². The van der Waals surface area contributed by atoms with Crippen LogP contribution in [0.15, 0.2) is 48.5 Å². The highest BCUT2D eigenvalue weighted by molar-refractivity contribution is 7.98. The van der Waals surface area contributed by atoms with Gasteiger partial charge in [-0.05, 0) is 36.1 Å². The molecule has 0 aromatic heterocycles. The average molecular weight is 502 g/mol. The average Bonchev–Trinajstić information content (AvgIpc) is 2.76.